The van der Waals surface area contributed by atoms with E-state index in [0.29, 0.717) is 18.6 Å². The highest BCUT2D eigenvalue weighted by molar-refractivity contribution is 7.93. The third kappa shape index (κ3) is 2.21. The number of hydrogen-bond donors (Lipinski definition) is 0. The number of ether oxygens (including phenoxy) is 1. The minimum absolute atomic E-state index is 0.135. The summed E-state index contributed by atoms with van der Waals surface area (Å²) < 4.78 is 29.1. The predicted molar refractivity (Wildman–Crippen MR) is 59.6 cm³/mol. The van der Waals surface area contributed by atoms with Gasteiger partial charge >= 0.3 is 0 Å². The van der Waals surface area contributed by atoms with Crippen LogP contribution in [0.1, 0.15) is 46.5 Å². The molecule has 4 heteroatoms. The van der Waals surface area contributed by atoms with Gasteiger partial charge in [-0.05, 0) is 46.5 Å². The van der Waals surface area contributed by atoms with Crippen LogP contribution in [-0.4, -0.2) is 30.6 Å². The van der Waals surface area contributed by atoms with Gasteiger partial charge in [0.05, 0.1) is 22.2 Å². The number of hydrogen-bond acceptors (Lipinski definition) is 3. The molecule has 1 saturated carbocycles. The van der Waals surface area contributed by atoms with Gasteiger partial charge in [-0.2, -0.15) is 0 Å². The molecular formula is C11H20O3S. The monoisotopic (exact) mass is 232 g/mol. The Labute approximate surface area is 92.1 Å². The summed E-state index contributed by atoms with van der Waals surface area (Å²) in [4.78, 5) is 0. The van der Waals surface area contributed by atoms with E-state index in [9.17, 15) is 8.42 Å². The summed E-state index contributed by atoms with van der Waals surface area (Å²) >= 11 is 0. The highest BCUT2D eigenvalue weighted by Crippen LogP contribution is 2.51. The SMILES string of the molecule is CC(C)(C)OC1CCS(=O)(=O)C2(CC2)C1. The van der Waals surface area contributed by atoms with E-state index < -0.39 is 9.84 Å². The van der Waals surface area contributed by atoms with Crippen molar-refractivity contribution in [3.8, 4) is 0 Å². The van der Waals surface area contributed by atoms with E-state index in [2.05, 4.69) is 0 Å². The Balaban J connectivity index is 2.05. The summed E-state index contributed by atoms with van der Waals surface area (Å²) in [6.45, 7) is 6.07. The van der Waals surface area contributed by atoms with Crippen molar-refractivity contribution >= 4 is 9.84 Å². The van der Waals surface area contributed by atoms with Crippen LogP contribution in [0, 0.1) is 0 Å². The second-order valence-corrected chi connectivity index (χ2v) is 8.35. The van der Waals surface area contributed by atoms with E-state index in [0.717, 1.165) is 12.8 Å². The maximum Gasteiger partial charge on any atom is 0.156 e. The third-order valence-electron chi connectivity index (χ3n) is 3.30. The number of sulfone groups is 1. The Morgan fingerprint density at radius 2 is 1.87 bits per heavy atom. The molecule has 0 aromatic heterocycles. The Morgan fingerprint density at radius 1 is 1.27 bits per heavy atom. The first-order valence-electron chi connectivity index (χ1n) is 5.64. The standard InChI is InChI=1S/C11H20O3S/c1-10(2,3)14-9-4-7-15(12,13)11(8-9)5-6-11/h9H,4-8H2,1-3H3. The van der Waals surface area contributed by atoms with Gasteiger partial charge < -0.3 is 4.74 Å². The summed E-state index contributed by atoms with van der Waals surface area (Å²) in [6.07, 6.45) is 3.21. The molecule has 1 aliphatic heterocycles. The van der Waals surface area contributed by atoms with E-state index in [1.54, 1.807) is 0 Å². The van der Waals surface area contributed by atoms with Gasteiger partial charge in [0.1, 0.15) is 0 Å². The van der Waals surface area contributed by atoms with Gasteiger partial charge in [-0.15, -0.1) is 0 Å². The fraction of sp³-hybridized carbons (Fsp3) is 1.00. The lowest BCUT2D eigenvalue weighted by Crippen LogP contribution is -2.41. The molecule has 1 saturated heterocycles. The zero-order valence-corrected chi connectivity index (χ0v) is 10.6. The van der Waals surface area contributed by atoms with Gasteiger partial charge in [0, 0.05) is 0 Å². The molecule has 0 amide bonds. The second kappa shape index (κ2) is 3.20. The lowest BCUT2D eigenvalue weighted by atomic mass is 10.1. The Bertz CT molecular complexity index is 347. The molecule has 3 nitrogen and oxygen atoms in total. The van der Waals surface area contributed by atoms with Crippen LogP contribution in [0.25, 0.3) is 0 Å². The Morgan fingerprint density at radius 3 is 2.33 bits per heavy atom. The van der Waals surface area contributed by atoms with Crippen molar-refractivity contribution in [3.05, 3.63) is 0 Å². The topological polar surface area (TPSA) is 43.4 Å². The van der Waals surface area contributed by atoms with Gasteiger partial charge in [0.25, 0.3) is 0 Å². The summed E-state index contributed by atoms with van der Waals surface area (Å²) in [5.74, 6) is 0.313. The highest BCUT2D eigenvalue weighted by atomic mass is 32.2. The van der Waals surface area contributed by atoms with Crippen LogP contribution in [0.5, 0.6) is 0 Å². The molecular weight excluding hydrogens is 212 g/mol. The van der Waals surface area contributed by atoms with Gasteiger partial charge in [0.15, 0.2) is 9.84 Å². The maximum absolute atomic E-state index is 11.8. The van der Waals surface area contributed by atoms with Crippen LogP contribution < -0.4 is 0 Å². The van der Waals surface area contributed by atoms with Crippen LogP contribution in [-0.2, 0) is 14.6 Å². The van der Waals surface area contributed by atoms with Crippen molar-refractivity contribution in [2.75, 3.05) is 5.75 Å². The molecule has 1 spiro atoms. The smallest absolute Gasteiger partial charge is 0.156 e. The normalized spacial score (nSPS) is 32.9. The molecule has 0 bridgehead atoms. The van der Waals surface area contributed by atoms with E-state index in [-0.39, 0.29) is 16.5 Å². The molecule has 1 unspecified atom stereocenters. The molecule has 88 valence electrons. The lowest BCUT2D eigenvalue weighted by molar-refractivity contribution is -0.0666. The van der Waals surface area contributed by atoms with Crippen LogP contribution in [0.3, 0.4) is 0 Å². The molecule has 1 heterocycles. The van der Waals surface area contributed by atoms with Crippen molar-refractivity contribution in [2.24, 2.45) is 0 Å². The molecule has 0 aromatic carbocycles. The zero-order chi connectivity index (χ0) is 11.3. The number of rotatable bonds is 1. The molecule has 1 aliphatic carbocycles. The summed E-state index contributed by atoms with van der Waals surface area (Å²) in [7, 11) is -2.82. The Kier molecular flexibility index (Phi) is 2.43. The molecule has 2 fully saturated rings. The summed E-state index contributed by atoms with van der Waals surface area (Å²) in [5.41, 5.74) is -0.165. The van der Waals surface area contributed by atoms with Crippen molar-refractivity contribution in [1.29, 1.82) is 0 Å². The van der Waals surface area contributed by atoms with Gasteiger partial charge in [-0.3, -0.25) is 0 Å². The van der Waals surface area contributed by atoms with Crippen molar-refractivity contribution in [2.45, 2.75) is 62.9 Å². The van der Waals surface area contributed by atoms with Gasteiger partial charge in [-0.1, -0.05) is 0 Å². The van der Waals surface area contributed by atoms with Crippen LogP contribution in [0.2, 0.25) is 0 Å². The summed E-state index contributed by atoms with van der Waals surface area (Å²) in [6, 6.07) is 0. The van der Waals surface area contributed by atoms with E-state index in [1.165, 1.54) is 0 Å². The van der Waals surface area contributed by atoms with Crippen LogP contribution in [0.15, 0.2) is 0 Å². The average molecular weight is 232 g/mol. The fourth-order valence-electron chi connectivity index (χ4n) is 2.40. The van der Waals surface area contributed by atoms with Gasteiger partial charge in [0.2, 0.25) is 0 Å². The third-order valence-corrected chi connectivity index (χ3v) is 5.96. The van der Waals surface area contributed by atoms with E-state index >= 15 is 0 Å². The molecule has 2 aliphatic rings. The molecule has 0 radical (unpaired) electrons. The van der Waals surface area contributed by atoms with E-state index in [4.69, 9.17) is 4.74 Å². The first-order chi connectivity index (χ1) is 6.74. The second-order valence-electron chi connectivity index (χ2n) is 5.85. The molecule has 2 rings (SSSR count). The Hall–Kier alpha value is -0.0900. The van der Waals surface area contributed by atoms with E-state index in [1.807, 2.05) is 20.8 Å². The minimum atomic E-state index is -2.82. The predicted octanol–water partition coefficient (Wildman–Crippen LogP) is 1.91. The highest BCUT2D eigenvalue weighted by Gasteiger charge is 2.57. The largest absolute Gasteiger partial charge is 0.373 e. The lowest BCUT2D eigenvalue weighted by Gasteiger charge is -2.34. The van der Waals surface area contributed by atoms with Crippen LogP contribution in [0.4, 0.5) is 0 Å². The molecule has 0 aromatic rings. The van der Waals surface area contributed by atoms with Crippen molar-refractivity contribution in [3.63, 3.8) is 0 Å². The molecule has 0 N–H and O–H groups in total. The summed E-state index contributed by atoms with van der Waals surface area (Å²) in [5, 5.41) is 0. The van der Waals surface area contributed by atoms with Crippen molar-refractivity contribution < 1.29 is 13.2 Å². The fourth-order valence-corrected chi connectivity index (χ4v) is 4.57. The maximum atomic E-state index is 11.8. The first kappa shape index (κ1) is 11.4. The molecule has 15 heavy (non-hydrogen) atoms. The average Bonchev–Trinajstić information content (AvgIpc) is 2.77. The first-order valence-corrected chi connectivity index (χ1v) is 7.30. The molecule has 1 atom stereocenters. The van der Waals surface area contributed by atoms with Crippen LogP contribution >= 0.6 is 0 Å². The van der Waals surface area contributed by atoms with Gasteiger partial charge in [-0.25, -0.2) is 8.42 Å². The quantitative estimate of drug-likeness (QED) is 0.693. The zero-order valence-electron chi connectivity index (χ0n) is 9.75. The minimum Gasteiger partial charge on any atom is -0.373 e. The van der Waals surface area contributed by atoms with Crippen molar-refractivity contribution in [1.82, 2.24) is 0 Å².